The quantitative estimate of drug-likeness (QED) is 0.192. The molecule has 6 heteroatoms. The van der Waals surface area contributed by atoms with Gasteiger partial charge in [-0.15, -0.1) is 0 Å². The highest BCUT2D eigenvalue weighted by molar-refractivity contribution is 5.72. The van der Waals surface area contributed by atoms with Crippen LogP contribution in [0.1, 0.15) is 113 Å². The van der Waals surface area contributed by atoms with E-state index in [0.717, 1.165) is 51.4 Å². The van der Waals surface area contributed by atoms with Crippen molar-refractivity contribution in [1.82, 2.24) is 0 Å². The van der Waals surface area contributed by atoms with E-state index < -0.39 is 5.60 Å². The molecule has 6 nitrogen and oxygen atoms in total. The summed E-state index contributed by atoms with van der Waals surface area (Å²) in [7, 11) is 0. The highest BCUT2D eigenvalue weighted by Crippen LogP contribution is 2.26. The highest BCUT2D eigenvalue weighted by Gasteiger charge is 2.32. The van der Waals surface area contributed by atoms with Crippen LogP contribution in [0.15, 0.2) is 0 Å². The first-order valence-electron chi connectivity index (χ1n) is 11.9. The number of carbonyl (C=O) groups excluding carboxylic acids is 2. The SMILES string of the molecule is CCCCC(CC)C(=O)OOC(CC(C)(C)OOC(=O)C(CC)CCCC)C(C)C. The summed E-state index contributed by atoms with van der Waals surface area (Å²) in [5.74, 6) is -0.831. The topological polar surface area (TPSA) is 71.1 Å². The fraction of sp³-hybridized carbons (Fsp3) is 0.917. The van der Waals surface area contributed by atoms with Crippen molar-refractivity contribution >= 4 is 11.9 Å². The second-order valence-electron chi connectivity index (χ2n) is 9.23. The number of hydrogen-bond acceptors (Lipinski definition) is 6. The van der Waals surface area contributed by atoms with Crippen LogP contribution in [0.5, 0.6) is 0 Å². The minimum Gasteiger partial charge on any atom is -0.298 e. The lowest BCUT2D eigenvalue weighted by Crippen LogP contribution is -2.36. The fourth-order valence-corrected chi connectivity index (χ4v) is 3.18. The Morgan fingerprint density at radius 3 is 1.67 bits per heavy atom. The second-order valence-corrected chi connectivity index (χ2v) is 9.23. The number of unbranched alkanes of at least 4 members (excludes halogenated alkanes) is 2. The largest absolute Gasteiger partial charge is 0.345 e. The molecule has 0 aliphatic heterocycles. The van der Waals surface area contributed by atoms with Crippen molar-refractivity contribution in [2.24, 2.45) is 17.8 Å². The molecule has 3 unspecified atom stereocenters. The number of carbonyl (C=O) groups is 2. The Balaban J connectivity index is 4.72. The third kappa shape index (κ3) is 11.9. The molecule has 0 amide bonds. The third-order valence-corrected chi connectivity index (χ3v) is 5.50. The van der Waals surface area contributed by atoms with Gasteiger partial charge in [-0.3, -0.25) is 9.78 Å². The summed E-state index contributed by atoms with van der Waals surface area (Å²) in [6.45, 7) is 15.8. The van der Waals surface area contributed by atoms with Crippen LogP contribution in [-0.4, -0.2) is 23.6 Å². The Labute approximate surface area is 184 Å². The fourth-order valence-electron chi connectivity index (χ4n) is 3.18. The average molecular weight is 431 g/mol. The summed E-state index contributed by atoms with van der Waals surface area (Å²) in [5, 5.41) is 0. The normalized spacial score (nSPS) is 15.0. The third-order valence-electron chi connectivity index (χ3n) is 5.50. The lowest BCUT2D eigenvalue weighted by atomic mass is 9.94. The Hall–Kier alpha value is -1.14. The van der Waals surface area contributed by atoms with Crippen molar-refractivity contribution in [3.63, 3.8) is 0 Å². The molecule has 0 heterocycles. The Morgan fingerprint density at radius 2 is 1.27 bits per heavy atom. The van der Waals surface area contributed by atoms with E-state index in [1.807, 2.05) is 41.5 Å². The van der Waals surface area contributed by atoms with Crippen LogP contribution in [-0.2, 0) is 29.1 Å². The van der Waals surface area contributed by atoms with Crippen molar-refractivity contribution in [1.29, 1.82) is 0 Å². The maximum absolute atomic E-state index is 12.3. The maximum Gasteiger partial charge on any atom is 0.345 e. The predicted molar refractivity (Wildman–Crippen MR) is 118 cm³/mol. The summed E-state index contributed by atoms with van der Waals surface area (Å²) in [6.07, 6.45) is 7.19. The molecule has 3 atom stereocenters. The van der Waals surface area contributed by atoms with Crippen molar-refractivity contribution < 1.29 is 29.1 Å². The zero-order chi connectivity index (χ0) is 23.2. The van der Waals surface area contributed by atoms with Gasteiger partial charge in [-0.25, -0.2) is 9.59 Å². The first-order chi connectivity index (χ1) is 14.1. The number of hydrogen-bond donors (Lipinski definition) is 0. The van der Waals surface area contributed by atoms with Gasteiger partial charge in [0.1, 0.15) is 11.7 Å². The molecule has 0 aliphatic rings. The molecule has 0 aliphatic carbocycles. The van der Waals surface area contributed by atoms with Crippen LogP contribution < -0.4 is 0 Å². The van der Waals surface area contributed by atoms with Crippen LogP contribution in [0, 0.1) is 17.8 Å². The Bertz CT molecular complexity index is 474. The Morgan fingerprint density at radius 1 is 0.800 bits per heavy atom. The molecule has 178 valence electrons. The zero-order valence-electron chi connectivity index (χ0n) is 20.6. The summed E-state index contributed by atoms with van der Waals surface area (Å²) in [5.41, 5.74) is -0.771. The van der Waals surface area contributed by atoms with E-state index in [-0.39, 0.29) is 35.8 Å². The van der Waals surface area contributed by atoms with E-state index in [0.29, 0.717) is 6.42 Å². The van der Waals surface area contributed by atoms with Gasteiger partial charge in [0, 0.05) is 6.42 Å². The van der Waals surface area contributed by atoms with E-state index in [1.54, 1.807) is 0 Å². The highest BCUT2D eigenvalue weighted by atomic mass is 17.2. The Kier molecular flexibility index (Phi) is 15.0. The summed E-state index contributed by atoms with van der Waals surface area (Å²) in [4.78, 5) is 46.0. The minimum atomic E-state index is -0.771. The smallest absolute Gasteiger partial charge is 0.298 e. The van der Waals surface area contributed by atoms with Crippen LogP contribution in [0.2, 0.25) is 0 Å². The van der Waals surface area contributed by atoms with E-state index in [9.17, 15) is 9.59 Å². The van der Waals surface area contributed by atoms with Gasteiger partial charge in [0.15, 0.2) is 0 Å². The lowest BCUT2D eigenvalue weighted by Gasteiger charge is -2.29. The predicted octanol–water partition coefficient (Wildman–Crippen LogP) is 6.56. The standard InChI is InChI=1S/C24H46O6/c1-9-13-15-19(11-3)22(25)28-27-21(18(5)6)17-24(7,8)30-29-23(26)20(12-4)16-14-10-2/h18-21H,9-17H2,1-8H3. The monoisotopic (exact) mass is 430 g/mol. The van der Waals surface area contributed by atoms with Crippen LogP contribution in [0.25, 0.3) is 0 Å². The molecule has 0 saturated heterocycles. The van der Waals surface area contributed by atoms with Gasteiger partial charge in [0.05, 0.1) is 11.8 Å². The molecule has 0 bridgehead atoms. The maximum atomic E-state index is 12.3. The molecule has 0 aromatic heterocycles. The van der Waals surface area contributed by atoms with Crippen LogP contribution in [0.4, 0.5) is 0 Å². The van der Waals surface area contributed by atoms with Gasteiger partial charge in [-0.2, -0.15) is 9.78 Å². The first kappa shape index (κ1) is 28.9. The molecule has 30 heavy (non-hydrogen) atoms. The molecular weight excluding hydrogens is 384 g/mol. The van der Waals surface area contributed by atoms with Crippen molar-refractivity contribution in [3.8, 4) is 0 Å². The van der Waals surface area contributed by atoms with Crippen LogP contribution >= 0.6 is 0 Å². The van der Waals surface area contributed by atoms with Crippen molar-refractivity contribution in [3.05, 3.63) is 0 Å². The number of rotatable bonds is 17. The molecule has 0 saturated carbocycles. The van der Waals surface area contributed by atoms with E-state index in [2.05, 4.69) is 13.8 Å². The lowest BCUT2D eigenvalue weighted by molar-refractivity contribution is -0.351. The summed E-state index contributed by atoms with van der Waals surface area (Å²) in [6, 6.07) is 0. The summed E-state index contributed by atoms with van der Waals surface area (Å²) >= 11 is 0. The van der Waals surface area contributed by atoms with Gasteiger partial charge < -0.3 is 0 Å². The molecule has 0 spiro atoms. The molecule has 0 rings (SSSR count). The van der Waals surface area contributed by atoms with Crippen molar-refractivity contribution in [2.45, 2.75) is 125 Å². The molecule has 0 aromatic carbocycles. The van der Waals surface area contributed by atoms with Gasteiger partial charge in [0.2, 0.25) is 0 Å². The van der Waals surface area contributed by atoms with E-state index in [1.165, 1.54) is 0 Å². The zero-order valence-corrected chi connectivity index (χ0v) is 20.6. The van der Waals surface area contributed by atoms with Gasteiger partial charge >= 0.3 is 11.9 Å². The van der Waals surface area contributed by atoms with E-state index >= 15 is 0 Å². The summed E-state index contributed by atoms with van der Waals surface area (Å²) < 4.78 is 0. The van der Waals surface area contributed by atoms with Gasteiger partial charge in [-0.1, -0.05) is 67.2 Å². The second kappa shape index (κ2) is 15.6. The average Bonchev–Trinajstić information content (AvgIpc) is 2.70. The van der Waals surface area contributed by atoms with Crippen molar-refractivity contribution in [2.75, 3.05) is 0 Å². The minimum absolute atomic E-state index is 0.0973. The molecule has 0 fully saturated rings. The molecule has 0 N–H and O–H groups in total. The van der Waals surface area contributed by atoms with Crippen LogP contribution in [0.3, 0.4) is 0 Å². The first-order valence-corrected chi connectivity index (χ1v) is 11.9. The molecule has 0 aromatic rings. The van der Waals surface area contributed by atoms with E-state index in [4.69, 9.17) is 19.6 Å². The molecule has 0 radical (unpaired) electrons. The van der Waals surface area contributed by atoms with Gasteiger partial charge in [0.25, 0.3) is 0 Å². The van der Waals surface area contributed by atoms with Gasteiger partial charge in [-0.05, 0) is 45.4 Å². The molecular formula is C24H46O6.